The molecule has 0 saturated carbocycles. The summed E-state index contributed by atoms with van der Waals surface area (Å²) in [4.78, 5) is 15.7. The van der Waals surface area contributed by atoms with Crippen LogP contribution in [0.5, 0.6) is 0 Å². The largest absolute Gasteiger partial charge is 0.444 e. The van der Waals surface area contributed by atoms with E-state index in [1.807, 2.05) is 0 Å². The number of hydrogen-bond acceptors (Lipinski definition) is 5. The van der Waals surface area contributed by atoms with Crippen molar-refractivity contribution in [3.8, 4) is 5.82 Å². The molecule has 2 heterocycles. The number of halogens is 1. The number of nitrogen functional groups attached to an aromatic ring is 1. The first-order valence-electron chi connectivity index (χ1n) is 6.66. The average Bonchev–Trinajstić information content (AvgIpc) is 2.83. The van der Waals surface area contributed by atoms with Gasteiger partial charge < -0.3 is 15.8 Å². The van der Waals surface area contributed by atoms with Gasteiger partial charge >= 0.3 is 6.09 Å². The summed E-state index contributed by atoms with van der Waals surface area (Å²) in [6, 6.07) is 1.60. The second-order valence-electron chi connectivity index (χ2n) is 5.72. The second kappa shape index (κ2) is 6.23. The van der Waals surface area contributed by atoms with Crippen LogP contribution in [0.3, 0.4) is 0 Å². The lowest BCUT2D eigenvalue weighted by atomic mass is 10.2. The highest BCUT2D eigenvalue weighted by atomic mass is 35.5. The Bertz CT molecular complexity index is 678. The number of hydrogen-bond donors (Lipinski definition) is 2. The fourth-order valence-corrected chi connectivity index (χ4v) is 1.93. The summed E-state index contributed by atoms with van der Waals surface area (Å²) in [7, 11) is 0. The molecule has 0 aromatic carbocycles. The fourth-order valence-electron chi connectivity index (χ4n) is 1.67. The van der Waals surface area contributed by atoms with Crippen LogP contribution in [0.15, 0.2) is 24.7 Å². The molecule has 0 unspecified atom stereocenters. The Hall–Kier alpha value is -2.28. The molecule has 2 aromatic heterocycles. The molecular weight excluding hydrogens is 306 g/mol. The van der Waals surface area contributed by atoms with Gasteiger partial charge in [0.2, 0.25) is 0 Å². The minimum atomic E-state index is -0.532. The van der Waals surface area contributed by atoms with Crippen molar-refractivity contribution in [3.63, 3.8) is 0 Å². The van der Waals surface area contributed by atoms with Crippen molar-refractivity contribution < 1.29 is 9.53 Å². The molecule has 0 bridgehead atoms. The minimum Gasteiger partial charge on any atom is -0.444 e. The molecule has 7 nitrogen and oxygen atoms in total. The van der Waals surface area contributed by atoms with Crippen LogP contribution in [0.1, 0.15) is 26.3 Å². The van der Waals surface area contributed by atoms with Gasteiger partial charge in [0.15, 0.2) is 5.82 Å². The number of anilines is 1. The predicted octanol–water partition coefficient (Wildman–Crippen LogP) is 2.53. The van der Waals surface area contributed by atoms with Crippen LogP contribution < -0.4 is 11.1 Å². The third kappa shape index (κ3) is 4.36. The van der Waals surface area contributed by atoms with Crippen molar-refractivity contribution >= 4 is 23.4 Å². The molecule has 0 aliphatic carbocycles. The van der Waals surface area contributed by atoms with E-state index in [-0.39, 0.29) is 0 Å². The van der Waals surface area contributed by atoms with Crippen LogP contribution in [0, 0.1) is 0 Å². The molecule has 3 N–H and O–H groups in total. The molecule has 118 valence electrons. The average molecular weight is 324 g/mol. The molecule has 0 saturated heterocycles. The van der Waals surface area contributed by atoms with E-state index in [2.05, 4.69) is 15.4 Å². The summed E-state index contributed by atoms with van der Waals surface area (Å²) in [5.41, 5.74) is 6.34. The Morgan fingerprint density at radius 3 is 2.82 bits per heavy atom. The van der Waals surface area contributed by atoms with Crippen LogP contribution in [-0.2, 0) is 11.3 Å². The molecule has 0 fully saturated rings. The number of ether oxygens (including phenoxy) is 1. The van der Waals surface area contributed by atoms with Crippen LogP contribution >= 0.6 is 11.6 Å². The van der Waals surface area contributed by atoms with Crippen LogP contribution in [0.25, 0.3) is 5.82 Å². The number of nitrogens with two attached hydrogens (primary N) is 1. The van der Waals surface area contributed by atoms with Gasteiger partial charge in [-0.1, -0.05) is 11.6 Å². The van der Waals surface area contributed by atoms with Crippen LogP contribution in [-0.4, -0.2) is 26.5 Å². The van der Waals surface area contributed by atoms with Crippen molar-refractivity contribution in [2.45, 2.75) is 32.9 Å². The molecule has 22 heavy (non-hydrogen) atoms. The van der Waals surface area contributed by atoms with E-state index in [9.17, 15) is 4.79 Å². The monoisotopic (exact) mass is 323 g/mol. The van der Waals surface area contributed by atoms with Gasteiger partial charge in [0.1, 0.15) is 5.60 Å². The smallest absolute Gasteiger partial charge is 0.407 e. The molecule has 0 atom stereocenters. The normalized spacial score (nSPS) is 11.3. The third-order valence-corrected chi connectivity index (χ3v) is 2.81. The van der Waals surface area contributed by atoms with Gasteiger partial charge in [0, 0.05) is 18.3 Å². The van der Waals surface area contributed by atoms with Gasteiger partial charge in [-0.2, -0.15) is 5.10 Å². The van der Waals surface area contributed by atoms with Crippen molar-refractivity contribution in [2.24, 2.45) is 0 Å². The number of pyridine rings is 1. The van der Waals surface area contributed by atoms with E-state index in [1.165, 1.54) is 10.9 Å². The first kappa shape index (κ1) is 16.1. The number of amides is 1. The highest BCUT2D eigenvalue weighted by Crippen LogP contribution is 2.20. The molecule has 2 rings (SSSR count). The Kier molecular flexibility index (Phi) is 4.56. The molecular formula is C14H18ClN5O2. The molecule has 0 aliphatic heterocycles. The van der Waals surface area contributed by atoms with Gasteiger partial charge in [0.05, 0.1) is 23.1 Å². The van der Waals surface area contributed by atoms with Crippen molar-refractivity contribution in [1.82, 2.24) is 20.1 Å². The van der Waals surface area contributed by atoms with E-state index in [0.717, 1.165) is 5.56 Å². The number of aromatic nitrogens is 3. The van der Waals surface area contributed by atoms with Gasteiger partial charge in [-0.05, 0) is 26.8 Å². The summed E-state index contributed by atoms with van der Waals surface area (Å²) in [5.74, 6) is 0.472. The van der Waals surface area contributed by atoms with E-state index >= 15 is 0 Å². The first-order valence-corrected chi connectivity index (χ1v) is 7.04. The summed E-state index contributed by atoms with van der Waals surface area (Å²) in [5, 5.41) is 7.22. The minimum absolute atomic E-state index is 0.293. The van der Waals surface area contributed by atoms with E-state index < -0.39 is 11.7 Å². The lowest BCUT2D eigenvalue weighted by Crippen LogP contribution is -2.32. The Balaban J connectivity index is 2.01. The quantitative estimate of drug-likeness (QED) is 0.905. The van der Waals surface area contributed by atoms with E-state index in [4.69, 9.17) is 22.1 Å². The number of nitrogens with zero attached hydrogens (tertiary/aromatic N) is 3. The predicted molar refractivity (Wildman–Crippen MR) is 83.9 cm³/mol. The van der Waals surface area contributed by atoms with Crippen molar-refractivity contribution in [3.05, 3.63) is 35.2 Å². The Morgan fingerprint density at radius 2 is 2.18 bits per heavy atom. The first-order chi connectivity index (χ1) is 10.2. The SMILES string of the molecule is CC(C)(C)OC(=O)NCc1cnn(-c2ncc(N)cc2Cl)c1. The lowest BCUT2D eigenvalue weighted by Gasteiger charge is -2.19. The zero-order chi connectivity index (χ0) is 16.3. The molecule has 0 spiro atoms. The Morgan fingerprint density at radius 1 is 1.45 bits per heavy atom. The molecule has 1 amide bonds. The number of nitrogens with one attached hydrogen (secondary N) is 1. The van der Waals surface area contributed by atoms with Crippen LogP contribution in [0.2, 0.25) is 5.02 Å². The zero-order valence-electron chi connectivity index (χ0n) is 12.6. The summed E-state index contributed by atoms with van der Waals surface area (Å²) in [6.07, 6.45) is 4.36. The second-order valence-corrected chi connectivity index (χ2v) is 6.13. The van der Waals surface area contributed by atoms with E-state index in [0.29, 0.717) is 23.1 Å². The highest BCUT2D eigenvalue weighted by Gasteiger charge is 2.16. The van der Waals surface area contributed by atoms with Crippen LogP contribution in [0.4, 0.5) is 10.5 Å². The maximum absolute atomic E-state index is 11.6. The highest BCUT2D eigenvalue weighted by molar-refractivity contribution is 6.32. The summed E-state index contributed by atoms with van der Waals surface area (Å²) < 4.78 is 6.68. The molecule has 0 aliphatic rings. The number of carbonyl (C=O) groups is 1. The van der Waals surface area contributed by atoms with Gasteiger partial charge in [-0.25, -0.2) is 14.5 Å². The summed E-state index contributed by atoms with van der Waals surface area (Å²) >= 11 is 6.08. The van der Waals surface area contributed by atoms with E-state index in [1.54, 1.807) is 39.2 Å². The molecule has 8 heteroatoms. The standard InChI is InChI=1S/C14H18ClN5O2/c1-14(2,3)22-13(21)18-5-9-6-19-20(8-9)12-11(15)4-10(16)7-17-12/h4,6-8H,5,16H2,1-3H3,(H,18,21). The van der Waals surface area contributed by atoms with Crippen molar-refractivity contribution in [2.75, 3.05) is 5.73 Å². The maximum atomic E-state index is 11.6. The van der Waals surface area contributed by atoms with Gasteiger partial charge in [-0.15, -0.1) is 0 Å². The van der Waals surface area contributed by atoms with Gasteiger partial charge in [-0.3, -0.25) is 0 Å². The van der Waals surface area contributed by atoms with Gasteiger partial charge in [0.25, 0.3) is 0 Å². The molecule has 2 aromatic rings. The fraction of sp³-hybridized carbons (Fsp3) is 0.357. The maximum Gasteiger partial charge on any atom is 0.407 e. The lowest BCUT2D eigenvalue weighted by molar-refractivity contribution is 0.0523. The Labute approximate surface area is 133 Å². The number of carbonyl (C=O) groups excluding carboxylic acids is 1. The summed E-state index contributed by atoms with van der Waals surface area (Å²) in [6.45, 7) is 5.71. The number of rotatable bonds is 3. The van der Waals surface area contributed by atoms with Crippen molar-refractivity contribution in [1.29, 1.82) is 0 Å². The topological polar surface area (TPSA) is 95.1 Å². The third-order valence-electron chi connectivity index (χ3n) is 2.53. The molecule has 0 radical (unpaired) electrons. The number of alkyl carbamates (subject to hydrolysis) is 1. The zero-order valence-corrected chi connectivity index (χ0v) is 13.4.